The lowest BCUT2D eigenvalue weighted by Crippen LogP contribution is -2.11. The van der Waals surface area contributed by atoms with E-state index in [9.17, 15) is 19.2 Å². The van der Waals surface area contributed by atoms with Crippen LogP contribution in [-0.4, -0.2) is 37.1 Å². The summed E-state index contributed by atoms with van der Waals surface area (Å²) in [5.41, 5.74) is 0.840. The van der Waals surface area contributed by atoms with Gasteiger partial charge in [0.1, 0.15) is 11.5 Å². The Morgan fingerprint density at radius 1 is 0.525 bits per heavy atom. The smallest absolute Gasteiger partial charge is 0.338 e. The van der Waals surface area contributed by atoms with Gasteiger partial charge in [-0.25, -0.2) is 9.59 Å². The van der Waals surface area contributed by atoms with Gasteiger partial charge < -0.3 is 18.9 Å². The van der Waals surface area contributed by atoms with E-state index in [-0.39, 0.29) is 23.8 Å². The van der Waals surface area contributed by atoms with E-state index >= 15 is 0 Å². The van der Waals surface area contributed by atoms with Crippen LogP contribution in [0.4, 0.5) is 0 Å². The number of carbonyl (C=O) groups excluding carboxylic acids is 4. The fraction of sp³-hybridized carbons (Fsp3) is 0.500. The molecule has 2 aromatic carbocycles. The Morgan fingerprint density at radius 2 is 0.850 bits per heavy atom. The molecule has 0 saturated carbocycles. The van der Waals surface area contributed by atoms with Crippen LogP contribution in [0.3, 0.4) is 0 Å². The van der Waals surface area contributed by atoms with Gasteiger partial charge in [-0.05, 0) is 73.2 Å². The zero-order chi connectivity index (χ0) is 29.3. The Kier molecular flexibility index (Phi) is 14.5. The molecule has 40 heavy (non-hydrogen) atoms. The molecule has 0 bridgehead atoms. The molecular weight excluding hydrogens is 512 g/mol. The molecule has 2 aromatic rings. The first-order chi connectivity index (χ1) is 19.1. The predicted octanol–water partition coefficient (Wildman–Crippen LogP) is 6.94. The van der Waals surface area contributed by atoms with Crippen molar-refractivity contribution in [2.75, 3.05) is 13.2 Å². The zero-order valence-electron chi connectivity index (χ0n) is 24.1. The molecule has 0 N–H and O–H groups in total. The number of ether oxygens (including phenoxy) is 4. The molecule has 0 aliphatic rings. The van der Waals surface area contributed by atoms with Crippen LogP contribution in [0.15, 0.2) is 48.5 Å². The average Bonchev–Trinajstić information content (AvgIpc) is 2.92. The Bertz CT molecular complexity index is 984. The molecule has 0 fully saturated rings. The molecule has 218 valence electrons. The molecule has 8 heteroatoms. The van der Waals surface area contributed by atoms with E-state index < -0.39 is 11.9 Å². The van der Waals surface area contributed by atoms with Gasteiger partial charge in [0, 0.05) is 12.8 Å². The lowest BCUT2D eigenvalue weighted by atomic mass is 10.1. The first-order valence-electron chi connectivity index (χ1n) is 14.1. The number of benzene rings is 2. The van der Waals surface area contributed by atoms with Crippen molar-refractivity contribution in [3.05, 3.63) is 59.7 Å². The molecule has 0 atom stereocenters. The van der Waals surface area contributed by atoms with E-state index in [2.05, 4.69) is 0 Å². The van der Waals surface area contributed by atoms with E-state index in [1.807, 2.05) is 27.7 Å². The lowest BCUT2D eigenvalue weighted by molar-refractivity contribution is -0.135. The quantitative estimate of drug-likeness (QED) is 0.118. The van der Waals surface area contributed by atoms with Gasteiger partial charge in [-0.1, -0.05) is 53.4 Å². The first kappa shape index (κ1) is 32.5. The van der Waals surface area contributed by atoms with E-state index in [0.29, 0.717) is 48.7 Å². The van der Waals surface area contributed by atoms with Crippen LogP contribution in [0.25, 0.3) is 0 Å². The molecule has 0 spiro atoms. The predicted molar refractivity (Wildman–Crippen MR) is 151 cm³/mol. The first-order valence-corrected chi connectivity index (χ1v) is 14.1. The molecule has 0 saturated heterocycles. The Hall–Kier alpha value is -3.68. The summed E-state index contributed by atoms with van der Waals surface area (Å²) in [7, 11) is 0. The fourth-order valence-electron chi connectivity index (χ4n) is 3.58. The van der Waals surface area contributed by atoms with Crippen molar-refractivity contribution in [3.63, 3.8) is 0 Å². The maximum absolute atomic E-state index is 12.1. The summed E-state index contributed by atoms with van der Waals surface area (Å²) in [4.78, 5) is 48.1. The number of carbonyl (C=O) groups is 4. The molecule has 0 radical (unpaired) electrons. The number of rotatable bonds is 17. The van der Waals surface area contributed by atoms with Crippen LogP contribution in [-0.2, 0) is 19.1 Å². The lowest BCUT2D eigenvalue weighted by Gasteiger charge is -2.08. The highest BCUT2D eigenvalue weighted by Gasteiger charge is 2.11. The normalized spacial score (nSPS) is 10.8. The minimum absolute atomic E-state index is 0.262. The number of esters is 4. The topological polar surface area (TPSA) is 105 Å². The SMILES string of the molecule is CC(C)COC(=O)c1ccc(OC(=O)CCCCCCCCC(=O)Oc2ccc(C(=O)OCC(C)C)cc2)cc1. The Labute approximate surface area is 237 Å². The summed E-state index contributed by atoms with van der Waals surface area (Å²) >= 11 is 0. The summed E-state index contributed by atoms with van der Waals surface area (Å²) in [6.07, 6.45) is 5.80. The zero-order valence-corrected chi connectivity index (χ0v) is 24.1. The average molecular weight is 555 g/mol. The third kappa shape index (κ3) is 13.4. The van der Waals surface area contributed by atoms with Gasteiger partial charge >= 0.3 is 23.9 Å². The second kappa shape index (κ2) is 17.8. The summed E-state index contributed by atoms with van der Waals surface area (Å²) in [6.45, 7) is 8.59. The Morgan fingerprint density at radius 3 is 1.18 bits per heavy atom. The van der Waals surface area contributed by atoms with Gasteiger partial charge in [-0.15, -0.1) is 0 Å². The molecule has 2 rings (SSSR count). The van der Waals surface area contributed by atoms with Gasteiger partial charge in [0.05, 0.1) is 24.3 Å². The second-order valence-electron chi connectivity index (χ2n) is 10.6. The van der Waals surface area contributed by atoms with Crippen LogP contribution in [0.1, 0.15) is 99.8 Å². The van der Waals surface area contributed by atoms with Crippen molar-refractivity contribution in [1.82, 2.24) is 0 Å². The minimum atomic E-state index is -0.393. The highest BCUT2D eigenvalue weighted by Crippen LogP contribution is 2.17. The molecular formula is C32H42O8. The van der Waals surface area contributed by atoms with Crippen LogP contribution < -0.4 is 9.47 Å². The van der Waals surface area contributed by atoms with E-state index in [4.69, 9.17) is 18.9 Å². The molecule has 0 amide bonds. The van der Waals surface area contributed by atoms with Crippen molar-refractivity contribution < 1.29 is 38.1 Å². The molecule has 0 heterocycles. The van der Waals surface area contributed by atoms with E-state index in [0.717, 1.165) is 38.5 Å². The third-order valence-electron chi connectivity index (χ3n) is 5.75. The van der Waals surface area contributed by atoms with Gasteiger partial charge in [0.15, 0.2) is 0 Å². The van der Waals surface area contributed by atoms with Gasteiger partial charge in [0.2, 0.25) is 0 Å². The largest absolute Gasteiger partial charge is 0.462 e. The van der Waals surface area contributed by atoms with Crippen molar-refractivity contribution in [2.24, 2.45) is 11.8 Å². The van der Waals surface area contributed by atoms with E-state index in [1.165, 1.54) is 0 Å². The fourth-order valence-corrected chi connectivity index (χ4v) is 3.58. The molecule has 0 unspecified atom stereocenters. The van der Waals surface area contributed by atoms with Gasteiger partial charge in [-0.2, -0.15) is 0 Å². The number of hydrogen-bond donors (Lipinski definition) is 0. The molecule has 8 nitrogen and oxygen atoms in total. The molecule has 0 aliphatic carbocycles. The van der Waals surface area contributed by atoms with Crippen LogP contribution >= 0.6 is 0 Å². The second-order valence-corrected chi connectivity index (χ2v) is 10.6. The molecule has 0 aromatic heterocycles. The number of hydrogen-bond acceptors (Lipinski definition) is 8. The number of unbranched alkanes of at least 4 members (excludes halogenated alkanes) is 5. The standard InChI is InChI=1S/C32H42O8/c1-23(2)21-37-31(35)25-13-17-27(18-14-25)39-29(33)11-9-7-5-6-8-10-12-30(34)40-28-19-15-26(16-20-28)32(36)38-22-24(3)4/h13-20,23-24H,5-12,21-22H2,1-4H3. The highest BCUT2D eigenvalue weighted by atomic mass is 16.5. The van der Waals surface area contributed by atoms with Gasteiger partial charge in [-0.3, -0.25) is 9.59 Å². The maximum Gasteiger partial charge on any atom is 0.338 e. The summed E-state index contributed by atoms with van der Waals surface area (Å²) < 4.78 is 21.1. The van der Waals surface area contributed by atoms with Crippen molar-refractivity contribution >= 4 is 23.9 Å². The summed E-state index contributed by atoms with van der Waals surface area (Å²) in [6, 6.07) is 12.7. The van der Waals surface area contributed by atoms with Crippen molar-refractivity contribution in [2.45, 2.75) is 79.1 Å². The summed E-state index contributed by atoms with van der Waals surface area (Å²) in [5.74, 6) is -0.0743. The Balaban J connectivity index is 1.52. The van der Waals surface area contributed by atoms with Crippen molar-refractivity contribution in [1.29, 1.82) is 0 Å². The van der Waals surface area contributed by atoms with Crippen LogP contribution in [0.2, 0.25) is 0 Å². The monoisotopic (exact) mass is 554 g/mol. The van der Waals surface area contributed by atoms with Crippen molar-refractivity contribution in [3.8, 4) is 11.5 Å². The third-order valence-corrected chi connectivity index (χ3v) is 5.75. The highest BCUT2D eigenvalue weighted by molar-refractivity contribution is 5.90. The molecule has 0 aliphatic heterocycles. The van der Waals surface area contributed by atoms with Gasteiger partial charge in [0.25, 0.3) is 0 Å². The maximum atomic E-state index is 12.1. The minimum Gasteiger partial charge on any atom is -0.462 e. The van der Waals surface area contributed by atoms with Crippen LogP contribution in [0.5, 0.6) is 11.5 Å². The van der Waals surface area contributed by atoms with Crippen LogP contribution in [0, 0.1) is 11.8 Å². The van der Waals surface area contributed by atoms with E-state index in [1.54, 1.807) is 48.5 Å². The summed E-state index contributed by atoms with van der Waals surface area (Å²) in [5, 5.41) is 0.